The van der Waals surface area contributed by atoms with Crippen LogP contribution >= 0.6 is 0 Å². The Morgan fingerprint density at radius 3 is 2.82 bits per heavy atom. The highest BCUT2D eigenvalue weighted by Gasteiger charge is 2.07. The van der Waals surface area contributed by atoms with Gasteiger partial charge in [0.25, 0.3) is 0 Å². The second-order valence-corrected chi connectivity index (χ2v) is 4.56. The number of rotatable bonds is 4. The molecule has 2 aromatic rings. The van der Waals surface area contributed by atoms with Gasteiger partial charge in [0.1, 0.15) is 0 Å². The number of nitrogens with zero attached hydrogens (tertiary/aromatic N) is 1. The zero-order valence-corrected chi connectivity index (χ0v) is 10.5. The number of hydrogen-bond donors (Lipinski definition) is 1. The van der Waals surface area contributed by atoms with E-state index < -0.39 is 0 Å². The summed E-state index contributed by atoms with van der Waals surface area (Å²) in [6, 6.07) is 10.1. The largest absolute Gasteiger partial charge is 0.388 e. The lowest BCUT2D eigenvalue weighted by molar-refractivity contribution is 0.164. The average Bonchev–Trinajstić information content (AvgIpc) is 2.35. The highest BCUT2D eigenvalue weighted by molar-refractivity contribution is 5.79. The smallest absolute Gasteiger partial charge is 0.0790 e. The van der Waals surface area contributed by atoms with Gasteiger partial charge in [-0.05, 0) is 37.1 Å². The number of aliphatic hydroxyl groups is 1. The molecular formula is C15H19NO. The fraction of sp³-hybridized carbons (Fsp3) is 0.400. The van der Waals surface area contributed by atoms with Crippen LogP contribution in [0.15, 0.2) is 30.3 Å². The van der Waals surface area contributed by atoms with Gasteiger partial charge in [0.05, 0.1) is 11.6 Å². The summed E-state index contributed by atoms with van der Waals surface area (Å²) in [7, 11) is 0. The zero-order chi connectivity index (χ0) is 12.3. The normalized spacial score (nSPS) is 12.9. The molecule has 1 aromatic heterocycles. The number of benzene rings is 1. The molecule has 1 atom stereocenters. The van der Waals surface area contributed by atoms with Crippen molar-refractivity contribution in [2.45, 2.75) is 39.2 Å². The van der Waals surface area contributed by atoms with Gasteiger partial charge in [0.15, 0.2) is 0 Å². The van der Waals surface area contributed by atoms with E-state index in [0.717, 1.165) is 41.4 Å². The van der Waals surface area contributed by atoms with Crippen LogP contribution in [0.3, 0.4) is 0 Å². The van der Waals surface area contributed by atoms with E-state index in [1.54, 1.807) is 0 Å². The molecule has 2 nitrogen and oxygen atoms in total. The number of pyridine rings is 1. The molecule has 0 radical (unpaired) electrons. The summed E-state index contributed by atoms with van der Waals surface area (Å²) < 4.78 is 0. The fourth-order valence-corrected chi connectivity index (χ4v) is 2.02. The van der Waals surface area contributed by atoms with Crippen molar-refractivity contribution in [1.82, 2.24) is 4.98 Å². The number of hydrogen-bond acceptors (Lipinski definition) is 2. The van der Waals surface area contributed by atoms with Gasteiger partial charge in [0.2, 0.25) is 0 Å². The maximum absolute atomic E-state index is 10.0. The van der Waals surface area contributed by atoms with Crippen molar-refractivity contribution >= 4 is 10.9 Å². The third kappa shape index (κ3) is 2.83. The van der Waals surface area contributed by atoms with E-state index in [-0.39, 0.29) is 6.10 Å². The molecule has 0 spiro atoms. The summed E-state index contributed by atoms with van der Waals surface area (Å²) in [5, 5.41) is 11.1. The van der Waals surface area contributed by atoms with Crippen LogP contribution in [0.4, 0.5) is 0 Å². The molecule has 0 saturated carbocycles. The first-order chi connectivity index (χ1) is 8.20. The van der Waals surface area contributed by atoms with Gasteiger partial charge in [-0.25, -0.2) is 0 Å². The van der Waals surface area contributed by atoms with Crippen LogP contribution in [0.1, 0.15) is 43.5 Å². The maximum Gasteiger partial charge on any atom is 0.0790 e. The van der Waals surface area contributed by atoms with Crippen LogP contribution in [-0.2, 0) is 0 Å². The molecule has 1 aromatic carbocycles. The van der Waals surface area contributed by atoms with Gasteiger partial charge in [-0.15, -0.1) is 0 Å². The van der Waals surface area contributed by atoms with Gasteiger partial charge >= 0.3 is 0 Å². The van der Waals surface area contributed by atoms with Crippen molar-refractivity contribution < 1.29 is 5.11 Å². The summed E-state index contributed by atoms with van der Waals surface area (Å²) in [5.74, 6) is 0. The Kier molecular flexibility index (Phi) is 3.75. The second kappa shape index (κ2) is 5.28. The Balaban J connectivity index is 2.28. The van der Waals surface area contributed by atoms with Crippen LogP contribution in [0, 0.1) is 6.92 Å². The minimum Gasteiger partial charge on any atom is -0.388 e. The number of aliphatic hydroxyl groups excluding tert-OH is 1. The molecule has 0 aliphatic rings. The van der Waals surface area contributed by atoms with Crippen LogP contribution < -0.4 is 0 Å². The van der Waals surface area contributed by atoms with Crippen LogP contribution in [0.5, 0.6) is 0 Å². The summed E-state index contributed by atoms with van der Waals surface area (Å²) >= 11 is 0. The molecule has 0 saturated heterocycles. The van der Waals surface area contributed by atoms with E-state index >= 15 is 0 Å². The lowest BCUT2D eigenvalue weighted by atomic mass is 10.0. The van der Waals surface area contributed by atoms with E-state index in [0.29, 0.717) is 0 Å². The van der Waals surface area contributed by atoms with Gasteiger partial charge in [-0.2, -0.15) is 0 Å². The average molecular weight is 229 g/mol. The van der Waals surface area contributed by atoms with E-state index in [1.807, 2.05) is 31.2 Å². The molecule has 90 valence electrons. The van der Waals surface area contributed by atoms with E-state index in [4.69, 9.17) is 0 Å². The predicted molar refractivity (Wildman–Crippen MR) is 71.0 cm³/mol. The van der Waals surface area contributed by atoms with E-state index in [9.17, 15) is 5.11 Å². The highest BCUT2D eigenvalue weighted by Crippen LogP contribution is 2.23. The first-order valence-electron chi connectivity index (χ1n) is 6.26. The van der Waals surface area contributed by atoms with Gasteiger partial charge in [0, 0.05) is 11.1 Å². The third-order valence-corrected chi connectivity index (χ3v) is 3.07. The second-order valence-electron chi connectivity index (χ2n) is 4.56. The quantitative estimate of drug-likeness (QED) is 0.865. The number of unbranched alkanes of at least 4 members (excludes halogenated alkanes) is 1. The molecule has 1 unspecified atom stereocenters. The Bertz CT molecular complexity index is 507. The van der Waals surface area contributed by atoms with E-state index in [1.165, 1.54) is 0 Å². The first kappa shape index (κ1) is 12.1. The SMILES string of the molecule is CCCCC(O)c1ccc2nc(C)ccc2c1. The standard InChI is InChI=1S/C15H19NO/c1-3-4-5-15(17)13-8-9-14-12(10-13)7-6-11(2)16-14/h6-10,15,17H,3-5H2,1-2H3. The van der Waals surface area contributed by atoms with Crippen LogP contribution in [-0.4, -0.2) is 10.1 Å². The molecule has 0 aliphatic heterocycles. The number of fused-ring (bicyclic) bond motifs is 1. The first-order valence-corrected chi connectivity index (χ1v) is 6.26. The molecule has 0 amide bonds. The Morgan fingerprint density at radius 2 is 2.06 bits per heavy atom. The summed E-state index contributed by atoms with van der Waals surface area (Å²) in [6.07, 6.45) is 2.67. The van der Waals surface area contributed by atoms with Crippen molar-refractivity contribution in [3.05, 3.63) is 41.6 Å². The molecule has 2 rings (SSSR count). The topological polar surface area (TPSA) is 33.1 Å². The monoisotopic (exact) mass is 229 g/mol. The van der Waals surface area contributed by atoms with Crippen molar-refractivity contribution in [1.29, 1.82) is 0 Å². The number of aryl methyl sites for hydroxylation is 1. The third-order valence-electron chi connectivity index (χ3n) is 3.07. The van der Waals surface area contributed by atoms with Crippen molar-refractivity contribution in [3.8, 4) is 0 Å². The fourth-order valence-electron chi connectivity index (χ4n) is 2.02. The maximum atomic E-state index is 10.0. The summed E-state index contributed by atoms with van der Waals surface area (Å²) in [6.45, 7) is 4.13. The zero-order valence-electron chi connectivity index (χ0n) is 10.5. The summed E-state index contributed by atoms with van der Waals surface area (Å²) in [5.41, 5.74) is 3.02. The molecule has 0 aliphatic carbocycles. The van der Waals surface area contributed by atoms with Gasteiger partial charge < -0.3 is 5.11 Å². The Hall–Kier alpha value is -1.41. The Morgan fingerprint density at radius 1 is 1.24 bits per heavy atom. The molecular weight excluding hydrogens is 210 g/mol. The van der Waals surface area contributed by atoms with E-state index in [2.05, 4.69) is 18.0 Å². The highest BCUT2D eigenvalue weighted by atomic mass is 16.3. The lowest BCUT2D eigenvalue weighted by Gasteiger charge is -2.11. The predicted octanol–water partition coefficient (Wildman–Crippen LogP) is 3.77. The van der Waals surface area contributed by atoms with Crippen molar-refractivity contribution in [2.24, 2.45) is 0 Å². The van der Waals surface area contributed by atoms with Crippen LogP contribution in [0.25, 0.3) is 10.9 Å². The molecule has 1 heterocycles. The van der Waals surface area contributed by atoms with Crippen molar-refractivity contribution in [3.63, 3.8) is 0 Å². The Labute approximate surface area is 102 Å². The summed E-state index contributed by atoms with van der Waals surface area (Å²) in [4.78, 5) is 4.46. The minimum atomic E-state index is -0.347. The van der Waals surface area contributed by atoms with Crippen LogP contribution in [0.2, 0.25) is 0 Å². The molecule has 0 bridgehead atoms. The lowest BCUT2D eigenvalue weighted by Crippen LogP contribution is -1.97. The minimum absolute atomic E-state index is 0.347. The molecule has 1 N–H and O–H groups in total. The van der Waals surface area contributed by atoms with Gasteiger partial charge in [-0.3, -0.25) is 4.98 Å². The molecule has 0 fully saturated rings. The number of aromatic nitrogens is 1. The van der Waals surface area contributed by atoms with Gasteiger partial charge in [-0.1, -0.05) is 31.9 Å². The molecule has 2 heteroatoms. The molecule has 17 heavy (non-hydrogen) atoms. The van der Waals surface area contributed by atoms with Crippen molar-refractivity contribution in [2.75, 3.05) is 0 Å².